The predicted octanol–water partition coefficient (Wildman–Crippen LogP) is 2.66. The summed E-state index contributed by atoms with van der Waals surface area (Å²) < 4.78 is 4.49. The second-order valence-corrected chi connectivity index (χ2v) is 3.45. The summed E-state index contributed by atoms with van der Waals surface area (Å²) in [5, 5.41) is 0. The Bertz CT molecular complexity index is 336. The fourth-order valence-electron chi connectivity index (χ4n) is 1.25. The van der Waals surface area contributed by atoms with Crippen LogP contribution in [0.25, 0.3) is 0 Å². The fourth-order valence-corrected chi connectivity index (χ4v) is 1.25. The molecular formula is C13H16O2. The Morgan fingerprint density at radius 2 is 2.00 bits per heavy atom. The molecular weight excluding hydrogens is 188 g/mol. The van der Waals surface area contributed by atoms with Crippen molar-refractivity contribution in [1.82, 2.24) is 0 Å². The Kier molecular flexibility index (Phi) is 4.61. The number of carbonyl (C=O) groups excluding carboxylic acids is 1. The third-order valence-corrected chi connectivity index (χ3v) is 2.18. The van der Waals surface area contributed by atoms with Crippen LogP contribution < -0.4 is 0 Å². The average Bonchev–Trinajstić information content (AvgIpc) is 2.26. The Morgan fingerprint density at radius 1 is 1.33 bits per heavy atom. The van der Waals surface area contributed by atoms with Crippen molar-refractivity contribution in [1.29, 1.82) is 0 Å². The first-order valence-corrected chi connectivity index (χ1v) is 5.02. The largest absolute Gasteiger partial charge is 0.466 e. The molecule has 0 unspecified atom stereocenters. The first kappa shape index (κ1) is 11.5. The van der Waals surface area contributed by atoms with E-state index in [9.17, 15) is 4.79 Å². The number of rotatable bonds is 4. The van der Waals surface area contributed by atoms with Crippen LogP contribution in [0.15, 0.2) is 36.4 Å². The van der Waals surface area contributed by atoms with E-state index in [1.165, 1.54) is 24.3 Å². The minimum Gasteiger partial charge on any atom is -0.466 e. The van der Waals surface area contributed by atoms with Crippen LogP contribution in [0.4, 0.5) is 0 Å². The highest BCUT2D eigenvalue weighted by Gasteiger charge is 1.92. The van der Waals surface area contributed by atoms with Gasteiger partial charge in [-0.25, -0.2) is 4.79 Å². The molecule has 0 amide bonds. The van der Waals surface area contributed by atoms with Gasteiger partial charge in [-0.2, -0.15) is 0 Å². The number of allylic oxidation sites excluding steroid dienone is 1. The van der Waals surface area contributed by atoms with Crippen molar-refractivity contribution < 1.29 is 9.53 Å². The molecule has 1 aromatic carbocycles. The number of hydrogen-bond acceptors (Lipinski definition) is 2. The summed E-state index contributed by atoms with van der Waals surface area (Å²) in [6, 6.07) is 8.42. The van der Waals surface area contributed by atoms with Gasteiger partial charge < -0.3 is 4.74 Å². The Hall–Kier alpha value is -1.57. The van der Waals surface area contributed by atoms with E-state index in [4.69, 9.17) is 0 Å². The second kappa shape index (κ2) is 6.02. The average molecular weight is 204 g/mol. The number of benzene rings is 1. The Labute approximate surface area is 90.6 Å². The van der Waals surface area contributed by atoms with Crippen LogP contribution in [0.1, 0.15) is 17.5 Å². The van der Waals surface area contributed by atoms with Gasteiger partial charge in [-0.15, -0.1) is 0 Å². The number of carbonyl (C=O) groups is 1. The van der Waals surface area contributed by atoms with Gasteiger partial charge in [0.25, 0.3) is 0 Å². The summed E-state index contributed by atoms with van der Waals surface area (Å²) in [4.78, 5) is 10.8. The molecule has 0 saturated carbocycles. The van der Waals surface area contributed by atoms with E-state index in [1.54, 1.807) is 0 Å². The zero-order chi connectivity index (χ0) is 11.1. The molecule has 0 aliphatic rings. The normalized spacial score (nSPS) is 10.5. The van der Waals surface area contributed by atoms with Gasteiger partial charge in [-0.3, -0.25) is 0 Å². The van der Waals surface area contributed by atoms with Crippen LogP contribution in [0.2, 0.25) is 0 Å². The minimum atomic E-state index is -0.293. The molecule has 0 radical (unpaired) electrons. The van der Waals surface area contributed by atoms with Crippen LogP contribution in [0.3, 0.4) is 0 Å². The van der Waals surface area contributed by atoms with Gasteiger partial charge in [0.15, 0.2) is 0 Å². The zero-order valence-electron chi connectivity index (χ0n) is 9.19. The smallest absolute Gasteiger partial charge is 0.330 e. The van der Waals surface area contributed by atoms with Crippen molar-refractivity contribution in [3.05, 3.63) is 47.5 Å². The van der Waals surface area contributed by atoms with Crippen LogP contribution >= 0.6 is 0 Å². The minimum absolute atomic E-state index is 0.293. The molecule has 0 aliphatic carbocycles. The molecule has 0 atom stereocenters. The number of methoxy groups -OCH3 is 1. The molecule has 2 nitrogen and oxygen atoms in total. The molecule has 0 bridgehead atoms. The van der Waals surface area contributed by atoms with E-state index < -0.39 is 0 Å². The van der Waals surface area contributed by atoms with Gasteiger partial charge in [0.05, 0.1) is 7.11 Å². The maximum absolute atomic E-state index is 10.8. The van der Waals surface area contributed by atoms with Crippen molar-refractivity contribution in [2.75, 3.05) is 7.11 Å². The van der Waals surface area contributed by atoms with Gasteiger partial charge in [0.2, 0.25) is 0 Å². The standard InChI is InChI=1S/C13H16O2/c1-11-7-9-12(10-8-11)5-3-4-6-13(14)15-2/h4,6-10H,3,5H2,1-2H3/b6-4+. The van der Waals surface area contributed by atoms with E-state index in [-0.39, 0.29) is 5.97 Å². The molecule has 0 saturated heterocycles. The van der Waals surface area contributed by atoms with Gasteiger partial charge in [0, 0.05) is 6.08 Å². The Morgan fingerprint density at radius 3 is 2.60 bits per heavy atom. The SMILES string of the molecule is COC(=O)/C=C/CCc1ccc(C)cc1. The molecule has 2 heteroatoms. The number of esters is 1. The maximum atomic E-state index is 10.8. The molecule has 0 N–H and O–H groups in total. The number of aryl methyl sites for hydroxylation is 2. The lowest BCUT2D eigenvalue weighted by Gasteiger charge is -1.98. The summed E-state index contributed by atoms with van der Waals surface area (Å²) in [5.74, 6) is -0.293. The van der Waals surface area contributed by atoms with E-state index in [1.807, 2.05) is 6.08 Å². The van der Waals surface area contributed by atoms with E-state index in [0.29, 0.717) is 0 Å². The molecule has 1 aromatic rings. The van der Waals surface area contributed by atoms with E-state index in [2.05, 4.69) is 35.9 Å². The van der Waals surface area contributed by atoms with Gasteiger partial charge in [-0.05, 0) is 25.3 Å². The summed E-state index contributed by atoms with van der Waals surface area (Å²) >= 11 is 0. The molecule has 0 spiro atoms. The van der Waals surface area contributed by atoms with Gasteiger partial charge >= 0.3 is 5.97 Å². The van der Waals surface area contributed by atoms with Crippen LogP contribution in [0.5, 0.6) is 0 Å². The molecule has 1 rings (SSSR count). The first-order chi connectivity index (χ1) is 7.22. The molecule has 0 fully saturated rings. The molecule has 0 aliphatic heterocycles. The molecule has 0 aromatic heterocycles. The van der Waals surface area contributed by atoms with Crippen molar-refractivity contribution in [3.63, 3.8) is 0 Å². The number of ether oxygens (including phenoxy) is 1. The summed E-state index contributed by atoms with van der Waals surface area (Å²) in [5.41, 5.74) is 2.55. The first-order valence-electron chi connectivity index (χ1n) is 5.02. The highest BCUT2D eigenvalue weighted by Crippen LogP contribution is 2.05. The zero-order valence-corrected chi connectivity index (χ0v) is 9.19. The van der Waals surface area contributed by atoms with Crippen LogP contribution in [0, 0.1) is 6.92 Å². The summed E-state index contributed by atoms with van der Waals surface area (Å²) in [6.45, 7) is 2.07. The third kappa shape index (κ3) is 4.45. The lowest BCUT2D eigenvalue weighted by Crippen LogP contribution is -1.93. The molecule has 0 heterocycles. The van der Waals surface area contributed by atoms with E-state index in [0.717, 1.165) is 12.8 Å². The molecule has 80 valence electrons. The van der Waals surface area contributed by atoms with Crippen molar-refractivity contribution in [2.24, 2.45) is 0 Å². The lowest BCUT2D eigenvalue weighted by molar-refractivity contribution is -0.134. The summed E-state index contributed by atoms with van der Waals surface area (Å²) in [7, 11) is 1.38. The van der Waals surface area contributed by atoms with Crippen LogP contribution in [-0.4, -0.2) is 13.1 Å². The monoisotopic (exact) mass is 204 g/mol. The van der Waals surface area contributed by atoms with Crippen molar-refractivity contribution >= 4 is 5.97 Å². The fraction of sp³-hybridized carbons (Fsp3) is 0.308. The summed E-state index contributed by atoms with van der Waals surface area (Å²) in [6.07, 6.45) is 5.12. The highest BCUT2D eigenvalue weighted by molar-refractivity contribution is 5.81. The highest BCUT2D eigenvalue weighted by atomic mass is 16.5. The van der Waals surface area contributed by atoms with Crippen LogP contribution in [-0.2, 0) is 16.0 Å². The predicted molar refractivity (Wildman–Crippen MR) is 60.7 cm³/mol. The number of hydrogen-bond donors (Lipinski definition) is 0. The topological polar surface area (TPSA) is 26.3 Å². The molecule has 15 heavy (non-hydrogen) atoms. The third-order valence-electron chi connectivity index (χ3n) is 2.18. The lowest BCUT2D eigenvalue weighted by atomic mass is 10.1. The van der Waals surface area contributed by atoms with Crippen molar-refractivity contribution in [3.8, 4) is 0 Å². The quantitative estimate of drug-likeness (QED) is 0.556. The van der Waals surface area contributed by atoms with Gasteiger partial charge in [-0.1, -0.05) is 35.9 Å². The maximum Gasteiger partial charge on any atom is 0.330 e. The van der Waals surface area contributed by atoms with Gasteiger partial charge in [0.1, 0.15) is 0 Å². The Balaban J connectivity index is 2.35. The van der Waals surface area contributed by atoms with E-state index >= 15 is 0 Å². The van der Waals surface area contributed by atoms with Crippen molar-refractivity contribution in [2.45, 2.75) is 19.8 Å². The second-order valence-electron chi connectivity index (χ2n) is 3.45.